The van der Waals surface area contributed by atoms with Gasteiger partial charge >= 0.3 is 5.97 Å². The molecule has 7 heteroatoms. The van der Waals surface area contributed by atoms with E-state index < -0.39 is 0 Å². The minimum atomic E-state index is -0.285. The second-order valence-electron chi connectivity index (χ2n) is 6.03. The fourth-order valence-corrected chi connectivity index (χ4v) is 3.16. The third-order valence-corrected chi connectivity index (χ3v) is 4.66. The molecule has 0 saturated carbocycles. The van der Waals surface area contributed by atoms with Gasteiger partial charge in [-0.15, -0.1) is 0 Å². The van der Waals surface area contributed by atoms with Crippen LogP contribution in [0.2, 0.25) is 0 Å². The fraction of sp³-hybridized carbons (Fsp3) is 0.300. The first kappa shape index (κ1) is 19.1. The van der Waals surface area contributed by atoms with E-state index in [1.54, 1.807) is 0 Å². The second-order valence-corrected chi connectivity index (χ2v) is 6.80. The molecule has 2 aromatic heterocycles. The standard InChI is InChI=1S/C20H21N3O3S/c1-13-17(14(2)22-20(21-13)27-3)9-10-18(24)25-11-16-12-26-19(23-16)15-7-5-4-6-8-15/h4-8,12H,9-11H2,1-3H3. The van der Waals surface area contributed by atoms with E-state index in [-0.39, 0.29) is 19.0 Å². The molecule has 1 aromatic carbocycles. The number of carbonyl (C=O) groups is 1. The zero-order valence-corrected chi connectivity index (χ0v) is 16.4. The van der Waals surface area contributed by atoms with Crippen molar-refractivity contribution >= 4 is 17.7 Å². The van der Waals surface area contributed by atoms with Crippen LogP contribution in [0.3, 0.4) is 0 Å². The normalized spacial score (nSPS) is 10.8. The van der Waals surface area contributed by atoms with E-state index in [4.69, 9.17) is 9.15 Å². The van der Waals surface area contributed by atoms with Crippen LogP contribution in [0.25, 0.3) is 11.5 Å². The summed E-state index contributed by atoms with van der Waals surface area (Å²) < 4.78 is 10.8. The molecular weight excluding hydrogens is 362 g/mol. The highest BCUT2D eigenvalue weighted by atomic mass is 32.2. The molecule has 3 aromatic rings. The number of ether oxygens (including phenoxy) is 1. The summed E-state index contributed by atoms with van der Waals surface area (Å²) in [5, 5.41) is 0.747. The third-order valence-electron chi connectivity index (χ3n) is 4.12. The van der Waals surface area contributed by atoms with Crippen molar-refractivity contribution in [3.8, 4) is 11.5 Å². The maximum absolute atomic E-state index is 12.1. The fourth-order valence-electron chi connectivity index (χ4n) is 2.70. The average molecular weight is 383 g/mol. The van der Waals surface area contributed by atoms with Crippen LogP contribution in [0.1, 0.15) is 29.1 Å². The molecule has 140 valence electrons. The van der Waals surface area contributed by atoms with Crippen LogP contribution in [-0.2, 0) is 22.6 Å². The first-order chi connectivity index (χ1) is 13.1. The molecule has 0 atom stereocenters. The Morgan fingerprint density at radius 2 is 1.81 bits per heavy atom. The van der Waals surface area contributed by atoms with E-state index in [1.165, 1.54) is 18.0 Å². The second kappa shape index (κ2) is 8.81. The number of carbonyl (C=O) groups excluding carboxylic acids is 1. The van der Waals surface area contributed by atoms with Crippen molar-refractivity contribution in [2.45, 2.75) is 38.5 Å². The first-order valence-electron chi connectivity index (χ1n) is 8.60. The van der Waals surface area contributed by atoms with Crippen LogP contribution in [-0.4, -0.2) is 27.2 Å². The van der Waals surface area contributed by atoms with Gasteiger partial charge in [0.1, 0.15) is 18.6 Å². The number of benzene rings is 1. The van der Waals surface area contributed by atoms with Crippen LogP contribution >= 0.6 is 11.8 Å². The van der Waals surface area contributed by atoms with Crippen molar-refractivity contribution in [1.82, 2.24) is 15.0 Å². The van der Waals surface area contributed by atoms with E-state index >= 15 is 0 Å². The van der Waals surface area contributed by atoms with Crippen molar-refractivity contribution in [2.75, 3.05) is 6.26 Å². The van der Waals surface area contributed by atoms with Gasteiger partial charge in [-0.05, 0) is 44.2 Å². The molecule has 0 spiro atoms. The Morgan fingerprint density at radius 1 is 1.11 bits per heavy atom. The highest BCUT2D eigenvalue weighted by Crippen LogP contribution is 2.19. The molecule has 6 nitrogen and oxygen atoms in total. The van der Waals surface area contributed by atoms with Crippen molar-refractivity contribution < 1.29 is 13.9 Å². The lowest BCUT2D eigenvalue weighted by molar-refractivity contribution is -0.145. The first-order valence-corrected chi connectivity index (χ1v) is 9.83. The SMILES string of the molecule is CSc1nc(C)c(CCC(=O)OCc2coc(-c3ccccc3)n2)c(C)n1. The Balaban J connectivity index is 1.53. The van der Waals surface area contributed by atoms with E-state index in [1.807, 2.05) is 50.4 Å². The lowest BCUT2D eigenvalue weighted by atomic mass is 10.1. The van der Waals surface area contributed by atoms with Crippen LogP contribution in [0.15, 0.2) is 46.2 Å². The highest BCUT2D eigenvalue weighted by molar-refractivity contribution is 7.98. The minimum absolute atomic E-state index is 0.0923. The summed E-state index contributed by atoms with van der Waals surface area (Å²) >= 11 is 1.51. The predicted molar refractivity (Wildman–Crippen MR) is 103 cm³/mol. The number of aryl methyl sites for hydroxylation is 2. The molecule has 0 N–H and O–H groups in total. The predicted octanol–water partition coefficient (Wildman–Crippen LogP) is 4.15. The van der Waals surface area contributed by atoms with Gasteiger partial charge in [0.2, 0.25) is 5.89 Å². The van der Waals surface area contributed by atoms with Gasteiger partial charge in [-0.1, -0.05) is 30.0 Å². The van der Waals surface area contributed by atoms with Gasteiger partial charge in [0.05, 0.1) is 0 Å². The maximum atomic E-state index is 12.1. The molecular formula is C20H21N3O3S. The lowest BCUT2D eigenvalue weighted by Gasteiger charge is -2.09. The number of aromatic nitrogens is 3. The summed E-state index contributed by atoms with van der Waals surface area (Å²) in [6, 6.07) is 9.59. The quantitative estimate of drug-likeness (QED) is 0.344. The molecule has 2 heterocycles. The molecule has 0 fully saturated rings. The average Bonchev–Trinajstić information content (AvgIpc) is 3.15. The Morgan fingerprint density at radius 3 is 2.48 bits per heavy atom. The van der Waals surface area contributed by atoms with Gasteiger partial charge in [0, 0.05) is 23.4 Å². The molecule has 0 saturated heterocycles. The summed E-state index contributed by atoms with van der Waals surface area (Å²) in [6.45, 7) is 3.97. The summed E-state index contributed by atoms with van der Waals surface area (Å²) in [7, 11) is 0. The molecule has 0 unspecified atom stereocenters. The number of hydrogen-bond acceptors (Lipinski definition) is 7. The summed E-state index contributed by atoms with van der Waals surface area (Å²) in [4.78, 5) is 25.3. The maximum Gasteiger partial charge on any atom is 0.306 e. The van der Waals surface area contributed by atoms with Crippen molar-refractivity contribution in [3.63, 3.8) is 0 Å². The van der Waals surface area contributed by atoms with Gasteiger partial charge in [0.25, 0.3) is 0 Å². The summed E-state index contributed by atoms with van der Waals surface area (Å²) in [6.07, 6.45) is 4.28. The van der Waals surface area contributed by atoms with Gasteiger partial charge in [-0.3, -0.25) is 4.79 Å². The summed E-state index contributed by atoms with van der Waals surface area (Å²) in [5.74, 6) is 0.228. The van der Waals surface area contributed by atoms with Crippen LogP contribution in [0, 0.1) is 13.8 Å². The molecule has 3 rings (SSSR count). The Hall–Kier alpha value is -2.67. The van der Waals surface area contributed by atoms with Crippen molar-refractivity contribution in [1.29, 1.82) is 0 Å². The van der Waals surface area contributed by atoms with Gasteiger partial charge in [0.15, 0.2) is 5.16 Å². The van der Waals surface area contributed by atoms with Gasteiger partial charge < -0.3 is 9.15 Å². The highest BCUT2D eigenvalue weighted by Gasteiger charge is 2.13. The largest absolute Gasteiger partial charge is 0.459 e. The molecule has 0 amide bonds. The van der Waals surface area contributed by atoms with Crippen molar-refractivity contribution in [2.24, 2.45) is 0 Å². The number of thioether (sulfide) groups is 1. The number of hydrogen-bond donors (Lipinski definition) is 0. The number of nitrogens with zero attached hydrogens (tertiary/aromatic N) is 3. The zero-order chi connectivity index (χ0) is 19.2. The Bertz CT molecular complexity index is 902. The molecule has 0 aliphatic heterocycles. The smallest absolute Gasteiger partial charge is 0.306 e. The monoisotopic (exact) mass is 383 g/mol. The van der Waals surface area contributed by atoms with Crippen LogP contribution in [0.5, 0.6) is 0 Å². The zero-order valence-electron chi connectivity index (χ0n) is 15.6. The van der Waals surface area contributed by atoms with E-state index in [0.717, 1.165) is 27.7 Å². The topological polar surface area (TPSA) is 78.1 Å². The Kier molecular flexibility index (Phi) is 6.24. The number of esters is 1. The van der Waals surface area contributed by atoms with E-state index in [0.29, 0.717) is 18.0 Å². The number of oxazole rings is 1. The molecule has 0 aliphatic carbocycles. The van der Waals surface area contributed by atoms with E-state index in [9.17, 15) is 4.79 Å². The molecule has 0 aliphatic rings. The summed E-state index contributed by atoms with van der Waals surface area (Å²) in [5.41, 5.74) is 4.28. The lowest BCUT2D eigenvalue weighted by Crippen LogP contribution is -2.09. The number of rotatable bonds is 7. The van der Waals surface area contributed by atoms with Crippen LogP contribution < -0.4 is 0 Å². The van der Waals surface area contributed by atoms with Crippen molar-refractivity contribution in [3.05, 3.63) is 59.2 Å². The van der Waals surface area contributed by atoms with Gasteiger partial charge in [-0.25, -0.2) is 15.0 Å². The molecule has 27 heavy (non-hydrogen) atoms. The Labute approximate surface area is 162 Å². The van der Waals surface area contributed by atoms with Crippen LogP contribution in [0.4, 0.5) is 0 Å². The minimum Gasteiger partial charge on any atom is -0.459 e. The third kappa shape index (κ3) is 4.95. The molecule has 0 bridgehead atoms. The molecule has 0 radical (unpaired) electrons. The van der Waals surface area contributed by atoms with E-state index in [2.05, 4.69) is 15.0 Å². The van der Waals surface area contributed by atoms with Gasteiger partial charge in [-0.2, -0.15) is 0 Å².